The number of aromatic hydroxyl groups is 1. The molecule has 4 heteroatoms. The molecule has 0 amide bonds. The average Bonchev–Trinajstić information content (AvgIpc) is 2.75. The van der Waals surface area contributed by atoms with Crippen LogP contribution in [0.3, 0.4) is 0 Å². The maximum atomic E-state index is 12.5. The number of phenolic OH excluding ortho intramolecular Hbond substituents is 1. The van der Waals surface area contributed by atoms with Crippen molar-refractivity contribution in [1.82, 2.24) is 0 Å². The van der Waals surface area contributed by atoms with Crippen LogP contribution in [0.2, 0.25) is 0 Å². The third-order valence-electron chi connectivity index (χ3n) is 5.23. The average molecular weight is 332 g/mol. The Hall–Kier alpha value is -2.85. The van der Waals surface area contributed by atoms with Crippen molar-refractivity contribution in [3.05, 3.63) is 76.4 Å². The molecule has 0 saturated heterocycles. The molecular weight excluding hydrogens is 316 g/mol. The maximum absolute atomic E-state index is 12.5. The van der Waals surface area contributed by atoms with E-state index in [2.05, 4.69) is 12.1 Å². The summed E-state index contributed by atoms with van der Waals surface area (Å²) in [6.45, 7) is 0. The molecule has 5 rings (SSSR count). The Labute approximate surface area is 145 Å². The minimum absolute atomic E-state index is 0.0549. The summed E-state index contributed by atoms with van der Waals surface area (Å²) in [6, 6.07) is 9.44. The van der Waals surface area contributed by atoms with Crippen molar-refractivity contribution < 1.29 is 19.4 Å². The van der Waals surface area contributed by atoms with Gasteiger partial charge >= 0.3 is 0 Å². The van der Waals surface area contributed by atoms with Crippen LogP contribution in [0.25, 0.3) is 5.57 Å². The Kier molecular flexibility index (Phi) is 2.80. The number of rotatable bonds is 1. The van der Waals surface area contributed by atoms with Crippen LogP contribution < -0.4 is 4.74 Å². The first-order valence-corrected chi connectivity index (χ1v) is 8.31. The molecule has 0 aromatic heterocycles. The predicted octanol–water partition coefficient (Wildman–Crippen LogP) is 3.71. The van der Waals surface area contributed by atoms with E-state index in [-0.39, 0.29) is 17.1 Å². The summed E-state index contributed by atoms with van der Waals surface area (Å²) in [6.07, 6.45) is 7.09. The predicted molar refractivity (Wildman–Crippen MR) is 92.7 cm³/mol. The van der Waals surface area contributed by atoms with Gasteiger partial charge in [-0.2, -0.15) is 0 Å². The summed E-state index contributed by atoms with van der Waals surface area (Å²) in [4.78, 5) is 12.5. The number of allylic oxidation sites excluding steroid dienone is 2. The lowest BCUT2D eigenvalue weighted by Gasteiger charge is -2.34. The van der Waals surface area contributed by atoms with Crippen molar-refractivity contribution >= 4 is 11.4 Å². The van der Waals surface area contributed by atoms with Crippen molar-refractivity contribution in [1.29, 1.82) is 0 Å². The fourth-order valence-corrected chi connectivity index (χ4v) is 4.13. The molecule has 1 heterocycles. The number of ether oxygens (including phenoxy) is 2. The molecule has 1 N–H and O–H groups in total. The Bertz CT molecular complexity index is 999. The van der Waals surface area contributed by atoms with E-state index in [0.717, 1.165) is 35.3 Å². The van der Waals surface area contributed by atoms with Gasteiger partial charge in [-0.3, -0.25) is 4.79 Å². The maximum Gasteiger partial charge on any atom is 0.258 e. The zero-order valence-electron chi connectivity index (χ0n) is 13.7. The fraction of sp³-hybridized carbons (Fsp3) is 0.190. The van der Waals surface area contributed by atoms with Gasteiger partial charge in [-0.05, 0) is 53.8 Å². The summed E-state index contributed by atoms with van der Waals surface area (Å²) in [5, 5.41) is 10.3. The Morgan fingerprint density at radius 3 is 2.92 bits per heavy atom. The second kappa shape index (κ2) is 4.83. The van der Waals surface area contributed by atoms with Crippen molar-refractivity contribution in [2.45, 2.75) is 18.6 Å². The zero-order valence-corrected chi connectivity index (χ0v) is 13.7. The number of fused-ring (bicyclic) bond motifs is 1. The van der Waals surface area contributed by atoms with Crippen LogP contribution in [0.15, 0.2) is 48.6 Å². The number of carbonyl (C=O) groups is 1. The molecule has 4 nitrogen and oxygen atoms in total. The third-order valence-corrected chi connectivity index (χ3v) is 5.23. The molecule has 1 aliphatic heterocycles. The lowest BCUT2D eigenvalue weighted by molar-refractivity contribution is -0.132. The monoisotopic (exact) mass is 332 g/mol. The van der Waals surface area contributed by atoms with Crippen LogP contribution in [-0.4, -0.2) is 18.0 Å². The number of phenols is 1. The Balaban J connectivity index is 1.95. The molecule has 2 aliphatic carbocycles. The van der Waals surface area contributed by atoms with E-state index in [9.17, 15) is 9.90 Å². The lowest BCUT2D eigenvalue weighted by atomic mass is 9.80. The Morgan fingerprint density at radius 1 is 1.20 bits per heavy atom. The number of hydrogen-bond acceptors (Lipinski definition) is 4. The van der Waals surface area contributed by atoms with E-state index in [0.29, 0.717) is 5.56 Å². The zero-order chi connectivity index (χ0) is 17.2. The Morgan fingerprint density at radius 2 is 2.08 bits per heavy atom. The van der Waals surface area contributed by atoms with E-state index >= 15 is 0 Å². The molecule has 2 aromatic rings. The number of ketones is 1. The summed E-state index contributed by atoms with van der Waals surface area (Å²) in [5.41, 5.74) is 5.01. The van der Waals surface area contributed by atoms with Crippen molar-refractivity contribution in [3.63, 3.8) is 0 Å². The molecule has 0 saturated carbocycles. The largest absolute Gasteiger partial charge is 0.507 e. The first-order chi connectivity index (χ1) is 12.1. The fourth-order valence-electron chi connectivity index (χ4n) is 4.13. The van der Waals surface area contributed by atoms with Gasteiger partial charge in [0.1, 0.15) is 11.5 Å². The highest BCUT2D eigenvalue weighted by atomic mass is 16.7. The van der Waals surface area contributed by atoms with Crippen LogP contribution in [0, 0.1) is 0 Å². The van der Waals surface area contributed by atoms with Crippen molar-refractivity contribution in [2.24, 2.45) is 0 Å². The van der Waals surface area contributed by atoms with E-state index < -0.39 is 5.79 Å². The van der Waals surface area contributed by atoms with Gasteiger partial charge in [0.05, 0.1) is 11.1 Å². The topological polar surface area (TPSA) is 55.8 Å². The third kappa shape index (κ3) is 1.77. The minimum atomic E-state index is -1.23. The molecule has 0 spiro atoms. The highest BCUT2D eigenvalue weighted by molar-refractivity contribution is 6.10. The molecule has 0 bridgehead atoms. The van der Waals surface area contributed by atoms with E-state index in [1.54, 1.807) is 19.3 Å². The van der Waals surface area contributed by atoms with Crippen LogP contribution in [-0.2, 0) is 16.9 Å². The molecule has 25 heavy (non-hydrogen) atoms. The van der Waals surface area contributed by atoms with E-state index in [1.807, 2.05) is 18.2 Å². The molecule has 2 aromatic carbocycles. The normalized spacial score (nSPS) is 22.4. The summed E-state index contributed by atoms with van der Waals surface area (Å²) < 4.78 is 12.1. The number of hydrogen-bond donors (Lipinski definition) is 1. The number of carbonyl (C=O) groups excluding carboxylic acids is 1. The molecule has 1 atom stereocenters. The van der Waals surface area contributed by atoms with Crippen molar-refractivity contribution in [3.8, 4) is 11.5 Å². The summed E-state index contributed by atoms with van der Waals surface area (Å²) in [7, 11) is 1.55. The number of benzene rings is 2. The van der Waals surface area contributed by atoms with Crippen LogP contribution in [0.5, 0.6) is 11.5 Å². The quantitative estimate of drug-likeness (QED) is 0.865. The van der Waals surface area contributed by atoms with Gasteiger partial charge in [0.15, 0.2) is 5.78 Å². The van der Waals surface area contributed by atoms with Gasteiger partial charge in [0, 0.05) is 12.7 Å². The van der Waals surface area contributed by atoms with Crippen LogP contribution >= 0.6 is 0 Å². The van der Waals surface area contributed by atoms with Gasteiger partial charge < -0.3 is 14.6 Å². The first-order valence-electron chi connectivity index (χ1n) is 8.31. The number of methoxy groups -OCH3 is 1. The molecule has 0 unspecified atom stereocenters. The summed E-state index contributed by atoms with van der Waals surface area (Å²) in [5.74, 6) is -0.801. The first kappa shape index (κ1) is 14.5. The smallest absolute Gasteiger partial charge is 0.258 e. The van der Waals surface area contributed by atoms with Gasteiger partial charge in [-0.25, -0.2) is 0 Å². The van der Waals surface area contributed by atoms with Crippen LogP contribution in [0.4, 0.5) is 0 Å². The number of aryl methyl sites for hydroxylation is 1. The van der Waals surface area contributed by atoms with E-state index in [4.69, 9.17) is 9.47 Å². The van der Waals surface area contributed by atoms with E-state index in [1.165, 1.54) is 11.6 Å². The van der Waals surface area contributed by atoms with Gasteiger partial charge in [0.2, 0.25) is 0 Å². The summed E-state index contributed by atoms with van der Waals surface area (Å²) >= 11 is 0. The highest BCUT2D eigenvalue weighted by Crippen LogP contribution is 2.51. The second-order valence-electron chi connectivity index (χ2n) is 6.50. The van der Waals surface area contributed by atoms with Gasteiger partial charge in [-0.1, -0.05) is 24.3 Å². The highest BCUT2D eigenvalue weighted by Gasteiger charge is 2.45. The molecular formula is C21H16O4. The van der Waals surface area contributed by atoms with Gasteiger partial charge in [0.25, 0.3) is 5.79 Å². The lowest BCUT2D eigenvalue weighted by Crippen LogP contribution is -2.37. The molecule has 0 radical (unpaired) electrons. The second-order valence-corrected chi connectivity index (χ2v) is 6.50. The van der Waals surface area contributed by atoms with Crippen LogP contribution in [0.1, 0.15) is 39.0 Å². The molecule has 0 fully saturated rings. The molecule has 3 aliphatic rings. The van der Waals surface area contributed by atoms with Gasteiger partial charge in [-0.15, -0.1) is 0 Å². The minimum Gasteiger partial charge on any atom is -0.507 e. The SMILES string of the molecule is CO[C@@]12C=CC(=O)c3c(O)ccc(c31)C1=CCCc3cccc(c31)O2. The molecule has 124 valence electrons. The standard InChI is InChI=1S/C21H16O4/c1-24-21-11-10-16(23)19-15(22)9-8-14(20(19)21)13-6-2-4-12-5-3-7-17(25-21)18(12)13/h3,5-11,22H,2,4H2,1H3/t21-/m1/s1. The van der Waals surface area contributed by atoms with Crippen molar-refractivity contribution in [2.75, 3.05) is 7.11 Å².